The molecule has 0 amide bonds. The summed E-state index contributed by atoms with van der Waals surface area (Å²) >= 11 is 0. The van der Waals surface area contributed by atoms with Crippen LogP contribution in [0.4, 0.5) is 0 Å². The number of hydrogen-bond donors (Lipinski definition) is 1. The minimum absolute atomic E-state index is 0.646. The first kappa shape index (κ1) is 16.2. The molecule has 2 aliphatic rings. The maximum atomic E-state index is 5.74. The van der Waals surface area contributed by atoms with Crippen LogP contribution in [0.5, 0.6) is 0 Å². The molecule has 0 aromatic rings. The van der Waals surface area contributed by atoms with E-state index in [0.29, 0.717) is 18.0 Å². The Balaban J connectivity index is 1.94. The average Bonchev–Trinajstić information content (AvgIpc) is 2.63. The molecule has 0 saturated carbocycles. The fourth-order valence-corrected chi connectivity index (χ4v) is 3.73. The molecule has 0 radical (unpaired) electrons. The van der Waals surface area contributed by atoms with Gasteiger partial charge in [0.05, 0.1) is 6.61 Å². The summed E-state index contributed by atoms with van der Waals surface area (Å²) in [5.74, 6) is 0.654. The molecule has 0 aromatic carbocycles. The summed E-state index contributed by atoms with van der Waals surface area (Å²) in [6, 6.07) is 1.36. The average molecular weight is 283 g/mol. The monoisotopic (exact) mass is 283 g/mol. The molecule has 2 saturated heterocycles. The van der Waals surface area contributed by atoms with Crippen LogP contribution in [-0.4, -0.2) is 74.9 Å². The smallest absolute Gasteiger partial charge is 0.0521 e. The van der Waals surface area contributed by atoms with E-state index in [1.165, 1.54) is 45.4 Å². The van der Waals surface area contributed by atoms with E-state index in [2.05, 4.69) is 36.0 Å². The molecule has 2 rings (SSSR count). The van der Waals surface area contributed by atoms with Crippen LogP contribution in [0.15, 0.2) is 0 Å². The van der Waals surface area contributed by atoms with Crippen molar-refractivity contribution >= 4 is 0 Å². The van der Waals surface area contributed by atoms with Crippen LogP contribution in [0.25, 0.3) is 0 Å². The standard InChI is InChI=1S/C16H33N3O/c1-4-15-12-18(3)8-6-9-19(15)11-14-13-20-10-7-16(14)17-5-2/h14-17H,4-13H2,1-3H3. The maximum Gasteiger partial charge on any atom is 0.0521 e. The second-order valence-corrected chi connectivity index (χ2v) is 6.46. The Morgan fingerprint density at radius 1 is 1.25 bits per heavy atom. The molecule has 0 aromatic heterocycles. The number of rotatable bonds is 5. The van der Waals surface area contributed by atoms with Gasteiger partial charge in [-0.1, -0.05) is 13.8 Å². The van der Waals surface area contributed by atoms with Gasteiger partial charge in [-0.25, -0.2) is 0 Å². The molecule has 118 valence electrons. The lowest BCUT2D eigenvalue weighted by Crippen LogP contribution is -2.50. The molecule has 2 heterocycles. The number of nitrogens with zero attached hydrogens (tertiary/aromatic N) is 2. The summed E-state index contributed by atoms with van der Waals surface area (Å²) in [5, 5.41) is 3.66. The van der Waals surface area contributed by atoms with Crippen molar-refractivity contribution in [2.24, 2.45) is 5.92 Å². The zero-order valence-electron chi connectivity index (χ0n) is 13.6. The molecule has 4 nitrogen and oxygen atoms in total. The van der Waals surface area contributed by atoms with Gasteiger partial charge >= 0.3 is 0 Å². The molecule has 1 N–H and O–H groups in total. The fourth-order valence-electron chi connectivity index (χ4n) is 3.73. The van der Waals surface area contributed by atoms with Crippen LogP contribution in [0.2, 0.25) is 0 Å². The SMILES string of the molecule is CCNC1CCOCC1CN1CCCN(C)CC1CC. The van der Waals surface area contributed by atoms with Gasteiger partial charge in [-0.05, 0) is 45.9 Å². The molecule has 3 unspecified atom stereocenters. The largest absolute Gasteiger partial charge is 0.381 e. The van der Waals surface area contributed by atoms with Gasteiger partial charge in [-0.2, -0.15) is 0 Å². The molecule has 2 aliphatic heterocycles. The van der Waals surface area contributed by atoms with Crippen molar-refractivity contribution in [1.29, 1.82) is 0 Å². The predicted molar refractivity (Wildman–Crippen MR) is 84.2 cm³/mol. The summed E-state index contributed by atoms with van der Waals surface area (Å²) < 4.78 is 5.74. The second-order valence-electron chi connectivity index (χ2n) is 6.46. The number of likely N-dealkylation sites (N-methyl/N-ethyl adjacent to an activating group) is 1. The van der Waals surface area contributed by atoms with E-state index in [9.17, 15) is 0 Å². The lowest BCUT2D eigenvalue weighted by molar-refractivity contribution is 0.0103. The molecule has 3 atom stereocenters. The van der Waals surface area contributed by atoms with Crippen molar-refractivity contribution in [3.63, 3.8) is 0 Å². The van der Waals surface area contributed by atoms with Crippen molar-refractivity contribution in [1.82, 2.24) is 15.1 Å². The topological polar surface area (TPSA) is 27.7 Å². The summed E-state index contributed by atoms with van der Waals surface area (Å²) in [6.45, 7) is 12.4. The van der Waals surface area contributed by atoms with Gasteiger partial charge < -0.3 is 15.0 Å². The van der Waals surface area contributed by atoms with Gasteiger partial charge in [0.15, 0.2) is 0 Å². The quantitative estimate of drug-likeness (QED) is 0.826. The van der Waals surface area contributed by atoms with Crippen LogP contribution in [0.3, 0.4) is 0 Å². The molecule has 0 bridgehead atoms. The van der Waals surface area contributed by atoms with Crippen molar-refractivity contribution < 1.29 is 4.74 Å². The Hall–Kier alpha value is -0.160. The van der Waals surface area contributed by atoms with Crippen LogP contribution < -0.4 is 5.32 Å². The van der Waals surface area contributed by atoms with Gasteiger partial charge in [0, 0.05) is 37.7 Å². The van der Waals surface area contributed by atoms with Crippen LogP contribution in [0.1, 0.15) is 33.1 Å². The summed E-state index contributed by atoms with van der Waals surface area (Å²) in [7, 11) is 2.26. The number of nitrogens with one attached hydrogen (secondary N) is 1. The van der Waals surface area contributed by atoms with Gasteiger partial charge in [0.25, 0.3) is 0 Å². The summed E-state index contributed by atoms with van der Waals surface area (Å²) in [4.78, 5) is 5.22. The van der Waals surface area contributed by atoms with E-state index in [-0.39, 0.29) is 0 Å². The van der Waals surface area contributed by atoms with E-state index < -0.39 is 0 Å². The highest BCUT2D eigenvalue weighted by atomic mass is 16.5. The van der Waals surface area contributed by atoms with E-state index >= 15 is 0 Å². The predicted octanol–water partition coefficient (Wildman–Crippen LogP) is 1.42. The molecule has 0 spiro atoms. The summed E-state index contributed by atoms with van der Waals surface area (Å²) in [6.07, 6.45) is 3.72. The third-order valence-electron chi connectivity index (χ3n) is 4.90. The Kier molecular flexibility index (Phi) is 6.75. The lowest BCUT2D eigenvalue weighted by atomic mass is 9.94. The molecular weight excluding hydrogens is 250 g/mol. The van der Waals surface area contributed by atoms with Gasteiger partial charge in [0.1, 0.15) is 0 Å². The molecule has 2 fully saturated rings. The first-order chi connectivity index (χ1) is 9.74. The first-order valence-electron chi connectivity index (χ1n) is 8.48. The Bertz CT molecular complexity index is 272. The molecule has 4 heteroatoms. The van der Waals surface area contributed by atoms with E-state index in [4.69, 9.17) is 4.74 Å². The minimum Gasteiger partial charge on any atom is -0.381 e. The van der Waals surface area contributed by atoms with E-state index in [0.717, 1.165) is 19.8 Å². The Morgan fingerprint density at radius 2 is 2.10 bits per heavy atom. The maximum absolute atomic E-state index is 5.74. The number of hydrogen-bond acceptors (Lipinski definition) is 4. The molecule has 20 heavy (non-hydrogen) atoms. The molecule has 0 aliphatic carbocycles. The van der Waals surface area contributed by atoms with Crippen molar-refractivity contribution in [2.45, 2.75) is 45.2 Å². The second kappa shape index (κ2) is 8.32. The van der Waals surface area contributed by atoms with Crippen molar-refractivity contribution in [3.8, 4) is 0 Å². The van der Waals surface area contributed by atoms with Crippen LogP contribution in [0, 0.1) is 5.92 Å². The normalized spacial score (nSPS) is 34.0. The molecular formula is C16H33N3O. The Labute approximate surface area is 124 Å². The van der Waals surface area contributed by atoms with E-state index in [1.54, 1.807) is 0 Å². The highest BCUT2D eigenvalue weighted by molar-refractivity contribution is 4.85. The van der Waals surface area contributed by atoms with Crippen molar-refractivity contribution in [2.75, 3.05) is 53.0 Å². The third kappa shape index (κ3) is 4.42. The highest BCUT2D eigenvalue weighted by Crippen LogP contribution is 2.20. The van der Waals surface area contributed by atoms with Crippen molar-refractivity contribution in [3.05, 3.63) is 0 Å². The zero-order valence-corrected chi connectivity index (χ0v) is 13.6. The first-order valence-corrected chi connectivity index (χ1v) is 8.48. The van der Waals surface area contributed by atoms with Crippen LogP contribution in [-0.2, 0) is 4.74 Å². The Morgan fingerprint density at radius 3 is 2.85 bits per heavy atom. The van der Waals surface area contributed by atoms with Gasteiger partial charge in [-0.3, -0.25) is 4.90 Å². The third-order valence-corrected chi connectivity index (χ3v) is 4.90. The minimum atomic E-state index is 0.646. The van der Waals surface area contributed by atoms with Crippen LogP contribution >= 0.6 is 0 Å². The van der Waals surface area contributed by atoms with Gasteiger partial charge in [0.2, 0.25) is 0 Å². The summed E-state index contributed by atoms with van der Waals surface area (Å²) in [5.41, 5.74) is 0. The fraction of sp³-hybridized carbons (Fsp3) is 1.00. The zero-order chi connectivity index (χ0) is 14.4. The van der Waals surface area contributed by atoms with Gasteiger partial charge in [-0.15, -0.1) is 0 Å². The number of ether oxygens (including phenoxy) is 1. The van der Waals surface area contributed by atoms with E-state index in [1.807, 2.05) is 0 Å². The highest BCUT2D eigenvalue weighted by Gasteiger charge is 2.30. The lowest BCUT2D eigenvalue weighted by Gasteiger charge is -2.38.